The van der Waals surface area contributed by atoms with Crippen LogP contribution in [-0.2, 0) is 34.0 Å². The highest BCUT2D eigenvalue weighted by atomic mass is 32.2. The first-order valence-corrected chi connectivity index (χ1v) is 10.9. The zero-order chi connectivity index (χ0) is 22.6. The van der Waals surface area contributed by atoms with Crippen LogP contribution in [0.5, 0.6) is 0 Å². The predicted octanol–water partition coefficient (Wildman–Crippen LogP) is 3.36. The van der Waals surface area contributed by atoms with E-state index in [2.05, 4.69) is 20.0 Å². The maximum absolute atomic E-state index is 13.6. The molecule has 0 radical (unpaired) electrons. The van der Waals surface area contributed by atoms with Gasteiger partial charge in [-0.25, -0.2) is 17.8 Å². The number of thiazole rings is 1. The van der Waals surface area contributed by atoms with Gasteiger partial charge in [0.2, 0.25) is 5.91 Å². The molecule has 7 nitrogen and oxygen atoms in total. The minimum Gasteiger partial charge on any atom is -0.352 e. The van der Waals surface area contributed by atoms with Gasteiger partial charge in [-0.15, -0.1) is 11.3 Å². The van der Waals surface area contributed by atoms with Crippen LogP contribution in [-0.4, -0.2) is 24.3 Å². The zero-order valence-corrected chi connectivity index (χ0v) is 17.1. The first-order chi connectivity index (χ1) is 14.5. The van der Waals surface area contributed by atoms with E-state index in [0.29, 0.717) is 12.1 Å². The molecule has 2 heterocycles. The summed E-state index contributed by atoms with van der Waals surface area (Å²) in [6.07, 6.45) is -2.47. The quantitative estimate of drug-likeness (QED) is 0.512. The summed E-state index contributed by atoms with van der Waals surface area (Å²) in [5, 5.41) is 4.25. The molecule has 164 valence electrons. The zero-order valence-electron chi connectivity index (χ0n) is 15.5. The van der Waals surface area contributed by atoms with Crippen LogP contribution < -0.4 is 10.0 Å². The molecule has 2 aromatic heterocycles. The van der Waals surface area contributed by atoms with Crippen molar-refractivity contribution in [3.05, 3.63) is 70.7 Å². The Morgan fingerprint density at radius 3 is 2.48 bits per heavy atom. The minimum absolute atomic E-state index is 0.118. The van der Waals surface area contributed by atoms with Gasteiger partial charge in [-0.05, 0) is 29.8 Å². The second-order valence-electron chi connectivity index (χ2n) is 6.19. The van der Waals surface area contributed by atoms with Crippen LogP contribution in [0, 0.1) is 5.82 Å². The van der Waals surface area contributed by atoms with Crippen molar-refractivity contribution < 1.29 is 30.8 Å². The molecule has 1 amide bonds. The van der Waals surface area contributed by atoms with E-state index in [0.717, 1.165) is 23.6 Å². The van der Waals surface area contributed by atoms with E-state index >= 15 is 0 Å². The molecule has 0 unspecified atom stereocenters. The number of carbonyl (C=O) groups excluding carboxylic acids is 1. The van der Waals surface area contributed by atoms with Crippen molar-refractivity contribution >= 4 is 32.4 Å². The number of aromatic nitrogens is 2. The molecule has 0 atom stereocenters. The number of sulfonamides is 1. The van der Waals surface area contributed by atoms with Gasteiger partial charge in [-0.3, -0.25) is 14.5 Å². The fourth-order valence-corrected chi connectivity index (χ4v) is 4.18. The van der Waals surface area contributed by atoms with Crippen LogP contribution in [0.2, 0.25) is 0 Å². The van der Waals surface area contributed by atoms with Crippen molar-refractivity contribution in [3.8, 4) is 0 Å². The lowest BCUT2D eigenvalue weighted by Gasteiger charge is -2.10. The van der Waals surface area contributed by atoms with E-state index in [4.69, 9.17) is 0 Å². The molecule has 0 saturated carbocycles. The fourth-order valence-electron chi connectivity index (χ4n) is 2.45. The minimum atomic E-state index is -4.80. The van der Waals surface area contributed by atoms with E-state index in [-0.39, 0.29) is 34.2 Å². The van der Waals surface area contributed by atoms with Crippen molar-refractivity contribution in [1.82, 2.24) is 15.3 Å². The molecule has 0 saturated heterocycles. The van der Waals surface area contributed by atoms with E-state index in [1.807, 2.05) is 0 Å². The van der Waals surface area contributed by atoms with Crippen molar-refractivity contribution in [2.24, 2.45) is 0 Å². The van der Waals surface area contributed by atoms with Crippen LogP contribution in [0.15, 0.2) is 53.0 Å². The Balaban J connectivity index is 1.57. The van der Waals surface area contributed by atoms with Gasteiger partial charge in [0.05, 0.1) is 12.0 Å². The van der Waals surface area contributed by atoms with Gasteiger partial charge in [0, 0.05) is 30.0 Å². The summed E-state index contributed by atoms with van der Waals surface area (Å²) in [6, 6.07) is 5.01. The monoisotopic (exact) mass is 474 g/mol. The highest BCUT2D eigenvalue weighted by Crippen LogP contribution is 2.31. The van der Waals surface area contributed by atoms with Crippen LogP contribution in [0.25, 0.3) is 0 Å². The first kappa shape index (κ1) is 22.6. The Morgan fingerprint density at radius 2 is 1.90 bits per heavy atom. The number of nitrogens with zero attached hydrogens (tertiary/aromatic N) is 2. The molecule has 0 aliphatic carbocycles. The number of hydrogen-bond acceptors (Lipinski definition) is 6. The van der Waals surface area contributed by atoms with Gasteiger partial charge in [-0.2, -0.15) is 13.2 Å². The number of pyridine rings is 1. The van der Waals surface area contributed by atoms with Gasteiger partial charge in [-0.1, -0.05) is 6.07 Å². The Morgan fingerprint density at radius 1 is 1.13 bits per heavy atom. The van der Waals surface area contributed by atoms with Crippen LogP contribution >= 0.6 is 11.3 Å². The topological polar surface area (TPSA) is 101 Å². The summed E-state index contributed by atoms with van der Waals surface area (Å²) in [4.78, 5) is 19.7. The molecule has 3 aromatic rings. The number of nitrogens with one attached hydrogen (secondary N) is 2. The molecule has 0 bridgehead atoms. The largest absolute Gasteiger partial charge is 0.419 e. The Bertz CT molecular complexity index is 1170. The highest BCUT2D eigenvalue weighted by molar-refractivity contribution is 7.93. The first-order valence-electron chi connectivity index (χ1n) is 8.54. The van der Waals surface area contributed by atoms with E-state index in [1.54, 1.807) is 5.38 Å². The van der Waals surface area contributed by atoms with Gasteiger partial charge in [0.15, 0.2) is 5.13 Å². The maximum atomic E-state index is 13.6. The molecule has 2 N–H and O–H groups in total. The predicted molar refractivity (Wildman–Crippen MR) is 104 cm³/mol. The fraction of sp³-hybridized carbons (Fsp3) is 0.167. The summed E-state index contributed by atoms with van der Waals surface area (Å²) in [5.41, 5.74) is -0.961. The number of rotatable bonds is 7. The average molecular weight is 474 g/mol. The van der Waals surface area contributed by atoms with Crippen molar-refractivity contribution in [2.75, 3.05) is 4.72 Å². The second-order valence-corrected chi connectivity index (χ2v) is 8.77. The molecule has 13 heteroatoms. The lowest BCUT2D eigenvalue weighted by Crippen LogP contribution is -2.25. The molecule has 31 heavy (non-hydrogen) atoms. The van der Waals surface area contributed by atoms with Gasteiger partial charge < -0.3 is 5.32 Å². The summed E-state index contributed by atoms with van der Waals surface area (Å²) in [7, 11) is -3.87. The van der Waals surface area contributed by atoms with Gasteiger partial charge in [0.1, 0.15) is 10.7 Å². The van der Waals surface area contributed by atoms with Crippen molar-refractivity contribution in [2.45, 2.75) is 24.0 Å². The summed E-state index contributed by atoms with van der Waals surface area (Å²) in [5.74, 6) is -1.95. The third-order valence-electron chi connectivity index (χ3n) is 3.93. The maximum Gasteiger partial charge on any atom is 0.419 e. The number of benzene rings is 1. The van der Waals surface area contributed by atoms with Gasteiger partial charge in [0.25, 0.3) is 10.0 Å². The highest BCUT2D eigenvalue weighted by Gasteiger charge is 2.33. The SMILES string of the molecule is O=C(Cc1ccc(S(=O)(=O)Nc2nccs2)cn1)NCc1ccc(C(F)(F)F)c(F)c1. The number of halogens is 4. The van der Waals surface area contributed by atoms with E-state index in [1.165, 1.54) is 18.3 Å². The summed E-state index contributed by atoms with van der Waals surface area (Å²) in [6.45, 7) is -0.182. The second kappa shape index (κ2) is 8.98. The summed E-state index contributed by atoms with van der Waals surface area (Å²) < 4.78 is 78.1. The van der Waals surface area contributed by atoms with Crippen molar-refractivity contribution in [3.63, 3.8) is 0 Å². The third kappa shape index (κ3) is 5.98. The third-order valence-corrected chi connectivity index (χ3v) is 6.07. The van der Waals surface area contributed by atoms with Crippen molar-refractivity contribution in [1.29, 1.82) is 0 Å². The molecule has 1 aromatic carbocycles. The standard InChI is InChI=1S/C18H14F4N4O3S2/c19-15-7-11(1-4-14(15)18(20,21)22)9-25-16(27)8-12-2-3-13(10-24-12)31(28,29)26-17-23-5-6-30-17/h1-7,10H,8-9H2,(H,23,26)(H,25,27). The normalized spacial score (nSPS) is 11.9. The van der Waals surface area contributed by atoms with Crippen LogP contribution in [0.4, 0.5) is 22.7 Å². The van der Waals surface area contributed by atoms with E-state index < -0.39 is 33.5 Å². The molecule has 0 aliphatic rings. The number of carbonyl (C=O) groups is 1. The lowest BCUT2D eigenvalue weighted by atomic mass is 10.1. The lowest BCUT2D eigenvalue weighted by molar-refractivity contribution is -0.140. The van der Waals surface area contributed by atoms with Crippen LogP contribution in [0.3, 0.4) is 0 Å². The number of amides is 1. The smallest absolute Gasteiger partial charge is 0.352 e. The van der Waals surface area contributed by atoms with Gasteiger partial charge >= 0.3 is 6.18 Å². The van der Waals surface area contributed by atoms with Crippen LogP contribution in [0.1, 0.15) is 16.8 Å². The molecule has 0 aliphatic heterocycles. The Hall–Kier alpha value is -3.06. The molecule has 0 fully saturated rings. The molecular weight excluding hydrogens is 460 g/mol. The summed E-state index contributed by atoms with van der Waals surface area (Å²) >= 11 is 1.11. The number of alkyl halides is 3. The molecule has 3 rings (SSSR count). The van der Waals surface area contributed by atoms with E-state index in [9.17, 15) is 30.8 Å². The Labute approximate surface area is 178 Å². The molecular formula is C18H14F4N4O3S2. The Kier molecular flexibility index (Phi) is 6.55. The average Bonchev–Trinajstić information content (AvgIpc) is 3.18. The molecule has 0 spiro atoms. The number of anilines is 1. The number of hydrogen-bond donors (Lipinski definition) is 2.